The van der Waals surface area contributed by atoms with Gasteiger partial charge in [0, 0.05) is 6.42 Å². The first-order chi connectivity index (χ1) is 7.24. The van der Waals surface area contributed by atoms with Gasteiger partial charge in [0.05, 0.1) is 11.0 Å². The number of rotatable bonds is 5. The molecular weight excluding hydrogens is 258 g/mol. The average Bonchev–Trinajstić information content (AvgIpc) is 2.26. The highest BCUT2D eigenvalue weighted by Gasteiger charge is 1.99. The molecule has 4 heteroatoms. The van der Waals surface area contributed by atoms with Gasteiger partial charge in [-0.05, 0) is 28.1 Å². The first-order valence-electron chi connectivity index (χ1n) is 4.88. The molecule has 1 amide bonds. The highest BCUT2D eigenvalue weighted by molar-refractivity contribution is 9.10. The van der Waals surface area contributed by atoms with E-state index < -0.39 is 0 Å². The predicted octanol–water partition coefficient (Wildman–Crippen LogP) is 2.35. The molecule has 1 aromatic rings. The van der Waals surface area contributed by atoms with Gasteiger partial charge < -0.3 is 10.1 Å². The Morgan fingerprint density at radius 1 is 1.47 bits per heavy atom. The molecule has 0 aliphatic carbocycles. The Balaban J connectivity index is 2.26. The summed E-state index contributed by atoms with van der Waals surface area (Å²) in [6.07, 6.45) is 0.509. The number of para-hydroxylation sites is 1. The van der Waals surface area contributed by atoms with Crippen LogP contribution in [0.3, 0.4) is 0 Å². The minimum Gasteiger partial charge on any atom is -0.491 e. The molecule has 0 radical (unpaired) electrons. The predicted molar refractivity (Wildman–Crippen MR) is 62.9 cm³/mol. The molecule has 0 bridgehead atoms. The second-order valence-electron chi connectivity index (χ2n) is 2.98. The van der Waals surface area contributed by atoms with E-state index in [0.29, 0.717) is 19.6 Å². The molecule has 15 heavy (non-hydrogen) atoms. The Bertz CT molecular complexity index is 328. The third kappa shape index (κ3) is 4.34. The lowest BCUT2D eigenvalue weighted by Gasteiger charge is -2.08. The van der Waals surface area contributed by atoms with Crippen molar-refractivity contribution in [3.05, 3.63) is 28.7 Å². The fourth-order valence-corrected chi connectivity index (χ4v) is 1.44. The van der Waals surface area contributed by atoms with Crippen LogP contribution in [0.4, 0.5) is 0 Å². The van der Waals surface area contributed by atoms with Gasteiger partial charge in [0.25, 0.3) is 0 Å². The third-order valence-corrected chi connectivity index (χ3v) is 2.49. The lowest BCUT2D eigenvalue weighted by molar-refractivity contribution is -0.120. The van der Waals surface area contributed by atoms with Crippen molar-refractivity contribution in [3.63, 3.8) is 0 Å². The van der Waals surface area contributed by atoms with Crippen LogP contribution in [0.1, 0.15) is 13.3 Å². The van der Waals surface area contributed by atoms with Crippen LogP contribution < -0.4 is 10.1 Å². The van der Waals surface area contributed by atoms with Gasteiger partial charge in [-0.3, -0.25) is 4.79 Å². The Morgan fingerprint density at radius 2 is 2.20 bits per heavy atom. The molecule has 0 fully saturated rings. The molecule has 0 atom stereocenters. The Morgan fingerprint density at radius 3 is 2.87 bits per heavy atom. The van der Waals surface area contributed by atoms with Crippen LogP contribution in [-0.2, 0) is 4.79 Å². The number of amides is 1. The molecule has 0 aromatic heterocycles. The maximum absolute atomic E-state index is 10.9. The maximum atomic E-state index is 10.9. The second kappa shape index (κ2) is 6.45. The van der Waals surface area contributed by atoms with Gasteiger partial charge in [0.1, 0.15) is 12.4 Å². The summed E-state index contributed by atoms with van der Waals surface area (Å²) in [4.78, 5) is 10.9. The van der Waals surface area contributed by atoms with E-state index >= 15 is 0 Å². The van der Waals surface area contributed by atoms with E-state index in [4.69, 9.17) is 4.74 Å². The smallest absolute Gasteiger partial charge is 0.219 e. The van der Waals surface area contributed by atoms with E-state index in [2.05, 4.69) is 21.2 Å². The van der Waals surface area contributed by atoms with Crippen LogP contribution in [-0.4, -0.2) is 19.1 Å². The van der Waals surface area contributed by atoms with Gasteiger partial charge >= 0.3 is 0 Å². The molecular formula is C11H14BrNO2. The summed E-state index contributed by atoms with van der Waals surface area (Å²) in [6, 6.07) is 7.63. The SMILES string of the molecule is CCC(=O)NCCOc1ccccc1Br. The summed E-state index contributed by atoms with van der Waals surface area (Å²) >= 11 is 3.38. The Kier molecular flexibility index (Phi) is 5.18. The molecule has 82 valence electrons. The third-order valence-electron chi connectivity index (χ3n) is 1.84. The van der Waals surface area contributed by atoms with Gasteiger partial charge in [0.2, 0.25) is 5.91 Å². The van der Waals surface area contributed by atoms with Crippen molar-refractivity contribution in [2.75, 3.05) is 13.2 Å². The van der Waals surface area contributed by atoms with Gasteiger partial charge in [-0.25, -0.2) is 0 Å². The monoisotopic (exact) mass is 271 g/mol. The quantitative estimate of drug-likeness (QED) is 0.835. The molecule has 0 aliphatic rings. The van der Waals surface area contributed by atoms with Crippen molar-refractivity contribution in [3.8, 4) is 5.75 Å². The maximum Gasteiger partial charge on any atom is 0.219 e. The number of hydrogen-bond donors (Lipinski definition) is 1. The van der Waals surface area contributed by atoms with Crippen LogP contribution in [0.15, 0.2) is 28.7 Å². The molecule has 1 rings (SSSR count). The van der Waals surface area contributed by atoms with Crippen molar-refractivity contribution < 1.29 is 9.53 Å². The van der Waals surface area contributed by atoms with E-state index in [9.17, 15) is 4.79 Å². The van der Waals surface area contributed by atoms with E-state index in [0.717, 1.165) is 10.2 Å². The summed E-state index contributed by atoms with van der Waals surface area (Å²) in [6.45, 7) is 2.84. The molecule has 0 aliphatic heterocycles. The zero-order valence-corrected chi connectivity index (χ0v) is 10.2. The molecule has 0 spiro atoms. The number of halogens is 1. The zero-order chi connectivity index (χ0) is 11.1. The minimum absolute atomic E-state index is 0.0470. The topological polar surface area (TPSA) is 38.3 Å². The second-order valence-corrected chi connectivity index (χ2v) is 3.84. The summed E-state index contributed by atoms with van der Waals surface area (Å²) in [5.74, 6) is 0.842. The van der Waals surface area contributed by atoms with E-state index in [-0.39, 0.29) is 5.91 Å². The van der Waals surface area contributed by atoms with E-state index in [1.165, 1.54) is 0 Å². The summed E-state index contributed by atoms with van der Waals surface area (Å²) < 4.78 is 6.39. The van der Waals surface area contributed by atoms with Crippen molar-refractivity contribution >= 4 is 21.8 Å². The molecule has 1 N–H and O–H groups in total. The highest BCUT2D eigenvalue weighted by Crippen LogP contribution is 2.23. The number of ether oxygens (including phenoxy) is 1. The van der Waals surface area contributed by atoms with Gasteiger partial charge in [-0.2, -0.15) is 0 Å². The fourth-order valence-electron chi connectivity index (χ4n) is 1.04. The molecule has 0 saturated heterocycles. The van der Waals surface area contributed by atoms with Crippen molar-refractivity contribution in [2.24, 2.45) is 0 Å². The minimum atomic E-state index is 0.0470. The number of benzene rings is 1. The van der Waals surface area contributed by atoms with Crippen LogP contribution >= 0.6 is 15.9 Å². The van der Waals surface area contributed by atoms with Crippen molar-refractivity contribution in [2.45, 2.75) is 13.3 Å². The van der Waals surface area contributed by atoms with Crippen LogP contribution in [0.5, 0.6) is 5.75 Å². The lowest BCUT2D eigenvalue weighted by Crippen LogP contribution is -2.27. The first-order valence-corrected chi connectivity index (χ1v) is 5.67. The fraction of sp³-hybridized carbons (Fsp3) is 0.364. The van der Waals surface area contributed by atoms with Crippen LogP contribution in [0.2, 0.25) is 0 Å². The molecule has 0 saturated carbocycles. The van der Waals surface area contributed by atoms with E-state index in [1.54, 1.807) is 0 Å². The normalized spacial score (nSPS) is 9.73. The van der Waals surface area contributed by atoms with Gasteiger partial charge in [-0.1, -0.05) is 19.1 Å². The van der Waals surface area contributed by atoms with Crippen molar-refractivity contribution in [1.82, 2.24) is 5.32 Å². The summed E-state index contributed by atoms with van der Waals surface area (Å²) in [5, 5.41) is 2.74. The molecule has 0 heterocycles. The van der Waals surface area contributed by atoms with Gasteiger partial charge in [-0.15, -0.1) is 0 Å². The average molecular weight is 272 g/mol. The summed E-state index contributed by atoms with van der Waals surface area (Å²) in [7, 11) is 0. The van der Waals surface area contributed by atoms with Gasteiger partial charge in [0.15, 0.2) is 0 Å². The zero-order valence-electron chi connectivity index (χ0n) is 8.63. The highest BCUT2D eigenvalue weighted by atomic mass is 79.9. The number of carbonyl (C=O) groups is 1. The van der Waals surface area contributed by atoms with Crippen molar-refractivity contribution in [1.29, 1.82) is 0 Å². The van der Waals surface area contributed by atoms with Crippen LogP contribution in [0.25, 0.3) is 0 Å². The first kappa shape index (κ1) is 12.0. The number of carbonyl (C=O) groups excluding carboxylic acids is 1. The van der Waals surface area contributed by atoms with E-state index in [1.807, 2.05) is 31.2 Å². The molecule has 1 aromatic carbocycles. The number of hydrogen-bond acceptors (Lipinski definition) is 2. The lowest BCUT2D eigenvalue weighted by atomic mass is 10.3. The standard InChI is InChI=1S/C11H14BrNO2/c1-2-11(14)13-7-8-15-10-6-4-3-5-9(10)12/h3-6H,2,7-8H2,1H3,(H,13,14). The molecule has 0 unspecified atom stereocenters. The summed E-state index contributed by atoms with van der Waals surface area (Å²) in [5.41, 5.74) is 0. The Hall–Kier alpha value is -1.03. The Labute approximate surface area is 97.9 Å². The number of nitrogens with one attached hydrogen (secondary N) is 1. The van der Waals surface area contributed by atoms with Crippen LogP contribution in [0, 0.1) is 0 Å². The molecule has 3 nitrogen and oxygen atoms in total. The largest absolute Gasteiger partial charge is 0.491 e.